The Morgan fingerprint density at radius 1 is 1.21 bits per heavy atom. The van der Waals surface area contributed by atoms with Crippen LogP contribution in [0.5, 0.6) is 5.75 Å². The zero-order chi connectivity index (χ0) is 23.0. The largest absolute Gasteiger partial charge is 0.497 e. The van der Waals surface area contributed by atoms with Crippen molar-refractivity contribution >= 4 is 40.3 Å². The number of hydrogen-bond acceptors (Lipinski definition) is 5. The van der Waals surface area contributed by atoms with Gasteiger partial charge in [0.2, 0.25) is 5.91 Å². The number of rotatable bonds is 5. The summed E-state index contributed by atoms with van der Waals surface area (Å²) in [5.41, 5.74) is 3.74. The first-order valence-corrected chi connectivity index (χ1v) is 13.0. The third-order valence-corrected chi connectivity index (χ3v) is 8.08. The van der Waals surface area contributed by atoms with Gasteiger partial charge < -0.3 is 14.6 Å². The first-order chi connectivity index (χ1) is 16.0. The predicted molar refractivity (Wildman–Crippen MR) is 134 cm³/mol. The third-order valence-electron chi connectivity index (χ3n) is 6.95. The van der Waals surface area contributed by atoms with E-state index in [4.69, 9.17) is 9.72 Å². The van der Waals surface area contributed by atoms with Crippen LogP contribution in [0.4, 0.5) is 5.69 Å². The molecule has 1 amide bonds. The number of aromatic nitrogens is 3. The maximum Gasteiger partial charge on any atom is 0.235 e. The molecule has 1 aromatic carbocycles. The molecule has 0 spiro atoms. The van der Waals surface area contributed by atoms with Crippen LogP contribution in [0.2, 0.25) is 0 Å². The zero-order valence-corrected chi connectivity index (χ0v) is 20.1. The van der Waals surface area contributed by atoms with Crippen molar-refractivity contribution in [2.45, 2.75) is 39.0 Å². The number of nitrogens with one attached hydrogen (secondary N) is 1. The second-order valence-electron chi connectivity index (χ2n) is 9.25. The number of amides is 1. The van der Waals surface area contributed by atoms with E-state index in [9.17, 15) is 9.59 Å². The fourth-order valence-corrected chi connectivity index (χ4v) is 5.94. The first kappa shape index (κ1) is 21.9. The lowest BCUT2D eigenvalue weighted by Crippen LogP contribution is -2.38. The van der Waals surface area contributed by atoms with Crippen LogP contribution < -0.4 is 9.64 Å². The highest BCUT2D eigenvalue weighted by atomic mass is 32.2. The number of methoxy groups -OCH3 is 1. The van der Waals surface area contributed by atoms with E-state index < -0.39 is 0 Å². The number of ketones is 1. The van der Waals surface area contributed by atoms with Gasteiger partial charge in [0.25, 0.3) is 0 Å². The van der Waals surface area contributed by atoms with Crippen molar-refractivity contribution < 1.29 is 14.3 Å². The van der Waals surface area contributed by atoms with Crippen LogP contribution in [-0.2, 0) is 4.79 Å². The van der Waals surface area contributed by atoms with E-state index in [1.54, 1.807) is 19.5 Å². The predicted octanol–water partition coefficient (Wildman–Crippen LogP) is 4.33. The van der Waals surface area contributed by atoms with E-state index in [-0.39, 0.29) is 17.1 Å². The number of Topliss-reactive ketones (excluding diaryl/α,β-unsaturated/α-hetero) is 1. The van der Waals surface area contributed by atoms with Crippen LogP contribution in [0.15, 0.2) is 30.6 Å². The maximum absolute atomic E-state index is 13.5. The molecule has 2 fully saturated rings. The van der Waals surface area contributed by atoms with E-state index in [1.165, 1.54) is 6.42 Å². The third kappa shape index (κ3) is 4.12. The fourth-order valence-electron chi connectivity index (χ4n) is 4.97. The van der Waals surface area contributed by atoms with Gasteiger partial charge in [0.05, 0.1) is 30.3 Å². The van der Waals surface area contributed by atoms with Gasteiger partial charge in [0, 0.05) is 35.5 Å². The van der Waals surface area contributed by atoms with Gasteiger partial charge in [-0.3, -0.25) is 21.4 Å². The summed E-state index contributed by atoms with van der Waals surface area (Å²) in [4.78, 5) is 40.4. The number of anilines is 1. The number of aromatic amines is 1. The molecule has 5 rings (SSSR count). The number of ether oxygens (including phenoxy) is 1. The summed E-state index contributed by atoms with van der Waals surface area (Å²) >= 11 is 0.688. The lowest BCUT2D eigenvalue weighted by atomic mass is 9.71. The SMILES string of the molecule is COc1cc(-c2cnc3[nH]cc(C(=O)C4(C)CCCCC4)c3n2)cc(N2CC[SH2]CC2=O)c1. The molecule has 3 aromatic rings. The zero-order valence-electron chi connectivity index (χ0n) is 19.1. The Hall–Kier alpha value is -2.87. The van der Waals surface area contributed by atoms with Crippen LogP contribution in [-0.4, -0.2) is 51.8 Å². The summed E-state index contributed by atoms with van der Waals surface area (Å²) < 4.78 is 5.53. The van der Waals surface area contributed by atoms with Crippen LogP contribution in [0.25, 0.3) is 22.4 Å². The molecule has 8 heteroatoms. The second kappa shape index (κ2) is 8.82. The number of benzene rings is 1. The smallest absolute Gasteiger partial charge is 0.235 e. The van der Waals surface area contributed by atoms with E-state index in [0.717, 1.165) is 42.7 Å². The van der Waals surface area contributed by atoms with Crippen LogP contribution in [0.1, 0.15) is 49.4 Å². The molecule has 0 radical (unpaired) electrons. The number of hydrogen-bond donors (Lipinski definition) is 1. The molecule has 33 heavy (non-hydrogen) atoms. The van der Waals surface area contributed by atoms with Gasteiger partial charge in [-0.25, -0.2) is 9.97 Å². The van der Waals surface area contributed by atoms with E-state index in [2.05, 4.69) is 16.9 Å². The van der Waals surface area contributed by atoms with Crippen molar-refractivity contribution in [2.24, 2.45) is 5.41 Å². The average Bonchev–Trinajstić information content (AvgIpc) is 3.27. The summed E-state index contributed by atoms with van der Waals surface area (Å²) in [6.07, 6.45) is 8.64. The van der Waals surface area contributed by atoms with Gasteiger partial charge in [-0.05, 0) is 30.7 Å². The number of H-pyrrole nitrogens is 1. The van der Waals surface area contributed by atoms with E-state index >= 15 is 0 Å². The quantitative estimate of drug-likeness (QED) is 0.566. The summed E-state index contributed by atoms with van der Waals surface area (Å²) in [7, 11) is 1.62. The molecule has 1 aliphatic heterocycles. The molecule has 3 heterocycles. The van der Waals surface area contributed by atoms with Gasteiger partial charge in [0.1, 0.15) is 11.3 Å². The maximum atomic E-state index is 13.5. The average molecular weight is 467 g/mol. The topological polar surface area (TPSA) is 88.2 Å². The molecule has 1 saturated heterocycles. The molecule has 7 nitrogen and oxygen atoms in total. The van der Waals surface area contributed by atoms with Crippen LogP contribution >= 0.6 is 11.8 Å². The second-order valence-corrected chi connectivity index (χ2v) is 10.6. The van der Waals surface area contributed by atoms with E-state index in [0.29, 0.717) is 52.2 Å². The van der Waals surface area contributed by atoms with Gasteiger partial charge in [-0.2, -0.15) is 0 Å². The highest BCUT2D eigenvalue weighted by Crippen LogP contribution is 2.40. The Bertz CT molecular complexity index is 1220. The first-order valence-electron chi connectivity index (χ1n) is 11.6. The van der Waals surface area contributed by atoms with Gasteiger partial charge in [-0.15, -0.1) is 0 Å². The van der Waals surface area contributed by atoms with Crippen molar-refractivity contribution in [3.05, 3.63) is 36.2 Å². The molecule has 2 aliphatic rings. The molecule has 0 atom stereocenters. The van der Waals surface area contributed by atoms with Crippen molar-refractivity contribution in [2.75, 3.05) is 30.1 Å². The van der Waals surface area contributed by atoms with Crippen molar-refractivity contribution in [1.82, 2.24) is 15.0 Å². The molecular formula is C25H30N4O3S. The normalized spacial score (nSPS) is 19.7. The summed E-state index contributed by atoms with van der Waals surface area (Å²) in [5.74, 6) is 2.54. The van der Waals surface area contributed by atoms with Crippen LogP contribution in [0.3, 0.4) is 0 Å². The summed E-state index contributed by atoms with van der Waals surface area (Å²) in [5, 5.41) is 0. The molecular weight excluding hydrogens is 436 g/mol. The molecule has 1 N–H and O–H groups in total. The summed E-state index contributed by atoms with van der Waals surface area (Å²) in [6.45, 7) is 2.79. The molecule has 2 aromatic heterocycles. The Kier molecular flexibility index (Phi) is 5.86. The monoisotopic (exact) mass is 466 g/mol. The Morgan fingerprint density at radius 3 is 2.79 bits per heavy atom. The summed E-state index contributed by atoms with van der Waals surface area (Å²) in [6, 6.07) is 5.74. The number of carbonyl (C=O) groups is 2. The minimum Gasteiger partial charge on any atom is -0.497 e. The lowest BCUT2D eigenvalue weighted by molar-refractivity contribution is -0.116. The van der Waals surface area contributed by atoms with Gasteiger partial charge in [-0.1, -0.05) is 26.2 Å². The van der Waals surface area contributed by atoms with Crippen LogP contribution in [0, 0.1) is 5.41 Å². The molecule has 174 valence electrons. The highest BCUT2D eigenvalue weighted by molar-refractivity contribution is 8.00. The van der Waals surface area contributed by atoms with E-state index in [1.807, 2.05) is 23.1 Å². The van der Waals surface area contributed by atoms with Gasteiger partial charge >= 0.3 is 0 Å². The number of fused-ring (bicyclic) bond motifs is 1. The molecule has 1 saturated carbocycles. The lowest BCUT2D eigenvalue weighted by Gasteiger charge is -2.31. The number of nitrogens with zero attached hydrogens (tertiary/aromatic N) is 3. The van der Waals surface area contributed by atoms with Crippen molar-refractivity contribution in [3.8, 4) is 17.0 Å². The number of carbonyl (C=O) groups excluding carboxylic acids is 2. The minimum atomic E-state index is -0.344. The highest BCUT2D eigenvalue weighted by Gasteiger charge is 2.36. The molecule has 0 bridgehead atoms. The minimum absolute atomic E-state index is 0.138. The van der Waals surface area contributed by atoms with Crippen molar-refractivity contribution in [1.29, 1.82) is 0 Å². The fraction of sp³-hybridized carbons (Fsp3) is 0.440. The molecule has 1 aliphatic carbocycles. The van der Waals surface area contributed by atoms with Crippen molar-refractivity contribution in [3.63, 3.8) is 0 Å². The Balaban J connectivity index is 1.55. The standard InChI is InChI=1S/C25H30N4O3S/c1-25(6-4-3-5-7-25)23(31)19-13-26-24-22(19)28-20(14-27-24)16-10-17(12-18(11-16)32-2)29-8-9-33-15-21(29)30/h10-14H,3-9,15,33H2,1-2H3,(H,26,27). The Labute approximate surface area is 197 Å². The van der Waals surface area contributed by atoms with Gasteiger partial charge in [0.15, 0.2) is 11.4 Å². The molecule has 0 unspecified atom stereocenters. The Morgan fingerprint density at radius 2 is 2.03 bits per heavy atom.